The third-order valence-corrected chi connectivity index (χ3v) is 1.80. The van der Waals surface area contributed by atoms with E-state index in [2.05, 4.69) is 15.4 Å². The van der Waals surface area contributed by atoms with Crippen molar-refractivity contribution in [3.05, 3.63) is 12.2 Å². The Morgan fingerprint density at radius 2 is 2.38 bits per heavy atom. The fourth-order valence-corrected chi connectivity index (χ4v) is 1.04. The van der Waals surface area contributed by atoms with Crippen LogP contribution in [0.15, 0.2) is 6.33 Å². The monoisotopic (exact) mass is 227 g/mol. The van der Waals surface area contributed by atoms with Crippen LogP contribution in [0, 0.1) is 0 Å². The Morgan fingerprint density at radius 3 is 2.88 bits per heavy atom. The van der Waals surface area contributed by atoms with Gasteiger partial charge in [-0.15, -0.1) is 0 Å². The summed E-state index contributed by atoms with van der Waals surface area (Å²) in [5, 5.41) is 14.8. The third kappa shape index (κ3) is 3.65. The number of aromatic nitrogens is 3. The standard InChI is InChI=1S/C8H13N5O3/c1-13-4-11-6(12-13)3-10-8(16)5(9)2-7(14)15/h4-5H,2-3,9H2,1H3,(H,10,16)(H,14,15). The molecule has 0 fully saturated rings. The fourth-order valence-electron chi connectivity index (χ4n) is 1.04. The molecule has 16 heavy (non-hydrogen) atoms. The van der Waals surface area contributed by atoms with Crippen LogP contribution in [-0.2, 0) is 23.2 Å². The molecule has 1 amide bonds. The molecule has 1 unspecified atom stereocenters. The zero-order valence-corrected chi connectivity index (χ0v) is 8.75. The van der Waals surface area contributed by atoms with Crippen molar-refractivity contribution in [3.63, 3.8) is 0 Å². The van der Waals surface area contributed by atoms with E-state index >= 15 is 0 Å². The molecule has 0 spiro atoms. The minimum absolute atomic E-state index is 0.132. The summed E-state index contributed by atoms with van der Waals surface area (Å²) in [5.41, 5.74) is 5.35. The molecular formula is C8H13N5O3. The van der Waals surface area contributed by atoms with Crippen LogP contribution in [-0.4, -0.2) is 37.8 Å². The Kier molecular flexibility index (Phi) is 3.95. The van der Waals surface area contributed by atoms with Crippen molar-refractivity contribution in [1.29, 1.82) is 0 Å². The summed E-state index contributed by atoms with van der Waals surface area (Å²) in [4.78, 5) is 25.5. The molecule has 8 heteroatoms. The zero-order valence-electron chi connectivity index (χ0n) is 8.75. The number of hydrogen-bond donors (Lipinski definition) is 3. The summed E-state index contributed by atoms with van der Waals surface area (Å²) >= 11 is 0. The van der Waals surface area contributed by atoms with Crippen LogP contribution >= 0.6 is 0 Å². The van der Waals surface area contributed by atoms with Gasteiger partial charge in [0.2, 0.25) is 5.91 Å². The minimum atomic E-state index is -1.11. The number of carbonyl (C=O) groups is 2. The first-order chi connectivity index (χ1) is 7.49. The molecule has 1 heterocycles. The molecule has 0 radical (unpaired) electrons. The molecule has 0 aliphatic rings. The summed E-state index contributed by atoms with van der Waals surface area (Å²) in [6.07, 6.45) is 1.10. The highest BCUT2D eigenvalue weighted by atomic mass is 16.4. The Bertz CT molecular complexity index is 389. The zero-order chi connectivity index (χ0) is 12.1. The lowest BCUT2D eigenvalue weighted by Crippen LogP contribution is -2.41. The van der Waals surface area contributed by atoms with Crippen LogP contribution in [0.25, 0.3) is 0 Å². The van der Waals surface area contributed by atoms with E-state index in [0.717, 1.165) is 0 Å². The molecule has 0 saturated carbocycles. The van der Waals surface area contributed by atoms with Crippen LogP contribution in [0.5, 0.6) is 0 Å². The number of amides is 1. The van der Waals surface area contributed by atoms with E-state index in [-0.39, 0.29) is 6.54 Å². The molecule has 8 nitrogen and oxygen atoms in total. The van der Waals surface area contributed by atoms with Crippen molar-refractivity contribution in [1.82, 2.24) is 20.1 Å². The number of aryl methyl sites for hydroxylation is 1. The second kappa shape index (κ2) is 5.21. The average Bonchev–Trinajstić information content (AvgIpc) is 2.59. The summed E-state index contributed by atoms with van der Waals surface area (Å²) in [6, 6.07) is -1.05. The van der Waals surface area contributed by atoms with Gasteiger partial charge in [-0.05, 0) is 0 Å². The highest BCUT2D eigenvalue weighted by molar-refractivity contribution is 5.85. The number of hydrogen-bond acceptors (Lipinski definition) is 5. The first-order valence-corrected chi connectivity index (χ1v) is 4.58. The summed E-state index contributed by atoms with van der Waals surface area (Å²) in [7, 11) is 1.70. The van der Waals surface area contributed by atoms with Crippen LogP contribution in [0.3, 0.4) is 0 Å². The minimum Gasteiger partial charge on any atom is -0.481 e. The number of aliphatic carboxylic acids is 1. The van der Waals surface area contributed by atoms with Gasteiger partial charge in [-0.25, -0.2) is 4.98 Å². The van der Waals surface area contributed by atoms with Gasteiger partial charge < -0.3 is 16.2 Å². The lowest BCUT2D eigenvalue weighted by atomic mass is 10.2. The third-order valence-electron chi connectivity index (χ3n) is 1.80. The summed E-state index contributed by atoms with van der Waals surface area (Å²) in [6.45, 7) is 0.132. The van der Waals surface area contributed by atoms with Crippen molar-refractivity contribution >= 4 is 11.9 Å². The lowest BCUT2D eigenvalue weighted by Gasteiger charge is -2.08. The lowest BCUT2D eigenvalue weighted by molar-refractivity contribution is -0.139. The first-order valence-electron chi connectivity index (χ1n) is 4.58. The van der Waals surface area contributed by atoms with Gasteiger partial charge >= 0.3 is 5.97 Å². The molecule has 0 aliphatic carbocycles. The van der Waals surface area contributed by atoms with Gasteiger partial charge in [0.15, 0.2) is 5.82 Å². The van der Waals surface area contributed by atoms with Crippen molar-refractivity contribution in [3.8, 4) is 0 Å². The topological polar surface area (TPSA) is 123 Å². The van der Waals surface area contributed by atoms with Gasteiger partial charge in [0, 0.05) is 7.05 Å². The van der Waals surface area contributed by atoms with Gasteiger partial charge in [0.1, 0.15) is 6.33 Å². The van der Waals surface area contributed by atoms with Crippen molar-refractivity contribution in [2.75, 3.05) is 0 Å². The van der Waals surface area contributed by atoms with E-state index in [0.29, 0.717) is 5.82 Å². The quantitative estimate of drug-likeness (QED) is 0.547. The van der Waals surface area contributed by atoms with Gasteiger partial charge in [-0.3, -0.25) is 14.3 Å². The van der Waals surface area contributed by atoms with Gasteiger partial charge in [-0.2, -0.15) is 5.10 Å². The maximum absolute atomic E-state index is 11.3. The predicted molar refractivity (Wildman–Crippen MR) is 53.1 cm³/mol. The van der Waals surface area contributed by atoms with E-state index in [9.17, 15) is 9.59 Å². The fraction of sp³-hybridized carbons (Fsp3) is 0.500. The van der Waals surface area contributed by atoms with E-state index < -0.39 is 24.3 Å². The van der Waals surface area contributed by atoms with Crippen LogP contribution < -0.4 is 11.1 Å². The molecule has 0 bridgehead atoms. The molecule has 1 atom stereocenters. The highest BCUT2D eigenvalue weighted by Crippen LogP contribution is 1.91. The normalized spacial score (nSPS) is 12.1. The first kappa shape index (κ1) is 12.1. The van der Waals surface area contributed by atoms with Gasteiger partial charge in [0.25, 0.3) is 0 Å². The number of carboxylic acid groups (broad SMARTS) is 1. The Labute approximate surface area is 91.5 Å². The summed E-state index contributed by atoms with van der Waals surface area (Å²) < 4.78 is 1.50. The second-order valence-corrected chi connectivity index (χ2v) is 3.26. The number of nitrogens with two attached hydrogens (primary N) is 1. The molecule has 4 N–H and O–H groups in total. The maximum atomic E-state index is 11.3. The van der Waals surface area contributed by atoms with Gasteiger partial charge in [-0.1, -0.05) is 0 Å². The van der Waals surface area contributed by atoms with E-state index in [1.807, 2.05) is 0 Å². The van der Waals surface area contributed by atoms with E-state index in [1.54, 1.807) is 7.05 Å². The molecule has 0 saturated heterocycles. The van der Waals surface area contributed by atoms with Crippen molar-refractivity contribution < 1.29 is 14.7 Å². The van der Waals surface area contributed by atoms with Crippen LogP contribution in [0.1, 0.15) is 12.2 Å². The molecular weight excluding hydrogens is 214 g/mol. The van der Waals surface area contributed by atoms with Crippen molar-refractivity contribution in [2.45, 2.75) is 19.0 Å². The molecule has 0 aliphatic heterocycles. The van der Waals surface area contributed by atoms with E-state index in [1.165, 1.54) is 11.0 Å². The number of nitrogens with one attached hydrogen (secondary N) is 1. The molecule has 0 aromatic carbocycles. The SMILES string of the molecule is Cn1cnc(CNC(=O)C(N)CC(=O)O)n1. The Hall–Kier alpha value is -1.96. The maximum Gasteiger partial charge on any atom is 0.305 e. The average molecular weight is 227 g/mol. The van der Waals surface area contributed by atoms with Gasteiger partial charge in [0.05, 0.1) is 19.0 Å². The van der Waals surface area contributed by atoms with Crippen LogP contribution in [0.4, 0.5) is 0 Å². The Balaban J connectivity index is 2.37. The Morgan fingerprint density at radius 1 is 1.69 bits per heavy atom. The smallest absolute Gasteiger partial charge is 0.305 e. The summed E-state index contributed by atoms with van der Waals surface area (Å²) in [5.74, 6) is -1.20. The molecule has 1 rings (SSSR count). The number of carboxylic acids is 1. The van der Waals surface area contributed by atoms with Crippen molar-refractivity contribution in [2.24, 2.45) is 12.8 Å². The number of nitrogens with zero attached hydrogens (tertiary/aromatic N) is 3. The number of carbonyl (C=O) groups excluding carboxylic acids is 1. The molecule has 88 valence electrons. The molecule has 1 aromatic rings. The second-order valence-electron chi connectivity index (χ2n) is 3.26. The highest BCUT2D eigenvalue weighted by Gasteiger charge is 2.16. The van der Waals surface area contributed by atoms with Crippen LogP contribution in [0.2, 0.25) is 0 Å². The predicted octanol–water partition coefficient (Wildman–Crippen LogP) is -1.77. The number of rotatable bonds is 5. The van der Waals surface area contributed by atoms with E-state index in [4.69, 9.17) is 10.8 Å². The molecule has 1 aromatic heterocycles. The largest absolute Gasteiger partial charge is 0.481 e.